The number of nitrogens with one attached hydrogen (secondary N) is 2. The first-order valence-corrected chi connectivity index (χ1v) is 11.5. The predicted molar refractivity (Wildman–Crippen MR) is 133 cm³/mol. The van der Waals surface area contributed by atoms with Crippen molar-refractivity contribution in [3.63, 3.8) is 0 Å². The number of hydrogen-bond donors (Lipinski definition) is 2. The molecular formula is C26H34N6O. The van der Waals surface area contributed by atoms with Gasteiger partial charge in [0, 0.05) is 51.9 Å². The zero-order chi connectivity index (χ0) is 23.0. The molecular weight excluding hydrogens is 412 g/mol. The van der Waals surface area contributed by atoms with Crippen LogP contribution >= 0.6 is 0 Å². The van der Waals surface area contributed by atoms with Gasteiger partial charge < -0.3 is 20.0 Å². The van der Waals surface area contributed by atoms with Crippen molar-refractivity contribution in [2.75, 3.05) is 40.3 Å². The van der Waals surface area contributed by atoms with E-state index in [1.54, 1.807) is 13.3 Å². The highest BCUT2D eigenvalue weighted by atomic mass is 16.3. The Hall–Kier alpha value is -3.16. The maximum absolute atomic E-state index is 5.64. The molecule has 1 aliphatic rings. The highest BCUT2D eigenvalue weighted by Crippen LogP contribution is 2.19. The van der Waals surface area contributed by atoms with E-state index in [-0.39, 0.29) is 0 Å². The van der Waals surface area contributed by atoms with Crippen LogP contribution in [0.4, 0.5) is 0 Å². The van der Waals surface area contributed by atoms with E-state index in [0.29, 0.717) is 19.0 Å². The van der Waals surface area contributed by atoms with Gasteiger partial charge in [0.05, 0.1) is 12.2 Å². The van der Waals surface area contributed by atoms with Crippen molar-refractivity contribution >= 4 is 5.96 Å². The summed E-state index contributed by atoms with van der Waals surface area (Å²) in [4.78, 5) is 13.8. The van der Waals surface area contributed by atoms with Gasteiger partial charge >= 0.3 is 0 Å². The lowest BCUT2D eigenvalue weighted by atomic mass is 10.1. The van der Waals surface area contributed by atoms with Crippen molar-refractivity contribution in [2.24, 2.45) is 4.99 Å². The number of piperazine rings is 1. The lowest BCUT2D eigenvalue weighted by Gasteiger charge is -2.32. The Morgan fingerprint density at radius 3 is 2.30 bits per heavy atom. The minimum atomic E-state index is 0.541. The fourth-order valence-electron chi connectivity index (χ4n) is 3.82. The zero-order valence-electron chi connectivity index (χ0n) is 19.8. The van der Waals surface area contributed by atoms with E-state index in [1.807, 2.05) is 12.1 Å². The lowest BCUT2D eigenvalue weighted by Crippen LogP contribution is -2.43. The first kappa shape index (κ1) is 23.0. The monoisotopic (exact) mass is 446 g/mol. The Balaban J connectivity index is 1.23. The van der Waals surface area contributed by atoms with Gasteiger partial charge in [-0.15, -0.1) is 0 Å². The number of hydrogen-bond acceptors (Lipinski definition) is 5. The van der Waals surface area contributed by atoms with Crippen molar-refractivity contribution in [1.82, 2.24) is 25.4 Å². The summed E-state index contributed by atoms with van der Waals surface area (Å²) < 4.78 is 5.64. The summed E-state index contributed by atoms with van der Waals surface area (Å²) in [6.07, 6.45) is 1.69. The van der Waals surface area contributed by atoms with Gasteiger partial charge in [0.15, 0.2) is 5.96 Å². The minimum absolute atomic E-state index is 0.541. The van der Waals surface area contributed by atoms with Gasteiger partial charge in [-0.3, -0.25) is 9.89 Å². The largest absolute Gasteiger partial charge is 0.444 e. The molecule has 4 rings (SSSR count). The second-order valence-electron chi connectivity index (χ2n) is 8.69. The number of nitrogens with zero attached hydrogens (tertiary/aromatic N) is 4. The minimum Gasteiger partial charge on any atom is -0.444 e. The van der Waals surface area contributed by atoms with Gasteiger partial charge in [0.2, 0.25) is 5.89 Å². The number of aryl methyl sites for hydroxylation is 1. The van der Waals surface area contributed by atoms with E-state index in [0.717, 1.165) is 49.9 Å². The van der Waals surface area contributed by atoms with Gasteiger partial charge in [0.25, 0.3) is 0 Å². The third-order valence-electron chi connectivity index (χ3n) is 6.00. The lowest BCUT2D eigenvalue weighted by molar-refractivity contribution is 0.148. The molecule has 0 radical (unpaired) electrons. The van der Waals surface area contributed by atoms with Crippen LogP contribution in [0, 0.1) is 6.92 Å². The Bertz CT molecular complexity index is 1030. The molecule has 2 N–H and O–H groups in total. The van der Waals surface area contributed by atoms with Crippen LogP contribution in [-0.4, -0.2) is 61.0 Å². The molecule has 3 aromatic rings. The van der Waals surface area contributed by atoms with E-state index in [1.165, 1.54) is 16.7 Å². The topological polar surface area (TPSA) is 68.9 Å². The molecule has 2 heterocycles. The maximum Gasteiger partial charge on any atom is 0.226 e. The van der Waals surface area contributed by atoms with Gasteiger partial charge in [-0.1, -0.05) is 42.0 Å². The molecule has 1 aromatic heterocycles. The van der Waals surface area contributed by atoms with E-state index >= 15 is 0 Å². The predicted octanol–water partition coefficient (Wildman–Crippen LogP) is 3.26. The van der Waals surface area contributed by atoms with Crippen LogP contribution in [0.2, 0.25) is 0 Å². The molecule has 0 amide bonds. The van der Waals surface area contributed by atoms with Crippen LogP contribution in [0.15, 0.2) is 64.2 Å². The van der Waals surface area contributed by atoms with Crippen LogP contribution in [-0.2, 0) is 19.6 Å². The van der Waals surface area contributed by atoms with Gasteiger partial charge in [-0.25, -0.2) is 4.98 Å². The Kier molecular flexibility index (Phi) is 7.75. The molecule has 0 spiro atoms. The zero-order valence-corrected chi connectivity index (χ0v) is 19.8. The molecule has 0 aliphatic carbocycles. The Morgan fingerprint density at radius 1 is 0.939 bits per heavy atom. The first-order chi connectivity index (χ1) is 16.1. The van der Waals surface area contributed by atoms with Gasteiger partial charge in [-0.2, -0.15) is 0 Å². The fourth-order valence-corrected chi connectivity index (χ4v) is 3.82. The summed E-state index contributed by atoms with van der Waals surface area (Å²) in [5.41, 5.74) is 5.61. The van der Waals surface area contributed by atoms with E-state index in [9.17, 15) is 0 Å². The third kappa shape index (κ3) is 6.66. The summed E-state index contributed by atoms with van der Waals surface area (Å²) in [6, 6.07) is 17.0. The molecule has 1 aliphatic heterocycles. The second kappa shape index (κ2) is 11.1. The highest BCUT2D eigenvalue weighted by molar-refractivity contribution is 5.79. The summed E-state index contributed by atoms with van der Waals surface area (Å²) in [5.74, 6) is 1.36. The normalized spacial score (nSPS) is 15.5. The second-order valence-corrected chi connectivity index (χ2v) is 8.69. The number of aliphatic imine (C=N–C) groups is 1. The van der Waals surface area contributed by atoms with Crippen molar-refractivity contribution in [2.45, 2.75) is 26.6 Å². The fraction of sp³-hybridized carbons (Fsp3) is 0.385. The van der Waals surface area contributed by atoms with Crippen molar-refractivity contribution in [3.05, 3.63) is 77.2 Å². The van der Waals surface area contributed by atoms with Crippen molar-refractivity contribution < 1.29 is 4.42 Å². The molecule has 0 atom stereocenters. The van der Waals surface area contributed by atoms with Gasteiger partial charge in [-0.05, 0) is 37.2 Å². The third-order valence-corrected chi connectivity index (χ3v) is 6.00. The number of likely N-dealkylation sites (N-methyl/N-ethyl adjacent to an activating group) is 1. The van der Waals surface area contributed by atoms with Crippen molar-refractivity contribution in [1.29, 1.82) is 0 Å². The standard InChI is InChI=1S/C26H34N6O/c1-20-4-10-23(11-5-20)25-30-24(19-33-25)17-29-26(27-2)28-16-21-6-8-22(9-7-21)18-32-14-12-31(3)13-15-32/h4-11,19H,12-18H2,1-3H3,(H2,27,28,29). The summed E-state index contributed by atoms with van der Waals surface area (Å²) in [6.45, 7) is 8.91. The Morgan fingerprint density at radius 2 is 1.61 bits per heavy atom. The van der Waals surface area contributed by atoms with E-state index in [2.05, 4.69) is 80.8 Å². The highest BCUT2D eigenvalue weighted by Gasteiger charge is 2.13. The number of oxazole rings is 1. The number of benzene rings is 2. The molecule has 7 nitrogen and oxygen atoms in total. The first-order valence-electron chi connectivity index (χ1n) is 11.5. The molecule has 174 valence electrons. The van der Waals surface area contributed by atoms with Crippen LogP contribution in [0.3, 0.4) is 0 Å². The molecule has 0 saturated carbocycles. The van der Waals surface area contributed by atoms with Crippen LogP contribution in [0.5, 0.6) is 0 Å². The smallest absolute Gasteiger partial charge is 0.226 e. The summed E-state index contributed by atoms with van der Waals surface area (Å²) in [5, 5.41) is 6.68. The quantitative estimate of drug-likeness (QED) is 0.429. The SMILES string of the molecule is CN=C(NCc1ccc(CN2CCN(C)CC2)cc1)NCc1coc(-c2ccc(C)cc2)n1. The molecule has 0 bridgehead atoms. The molecule has 1 fully saturated rings. The number of guanidine groups is 1. The van der Waals surface area contributed by atoms with Crippen LogP contribution in [0.1, 0.15) is 22.4 Å². The Labute approximate surface area is 196 Å². The van der Waals surface area contributed by atoms with Crippen molar-refractivity contribution in [3.8, 4) is 11.5 Å². The van der Waals surface area contributed by atoms with Crippen LogP contribution < -0.4 is 10.6 Å². The van der Waals surface area contributed by atoms with E-state index < -0.39 is 0 Å². The molecule has 1 saturated heterocycles. The maximum atomic E-state index is 5.64. The number of aromatic nitrogens is 1. The van der Waals surface area contributed by atoms with Crippen LogP contribution in [0.25, 0.3) is 11.5 Å². The number of rotatable bonds is 7. The average molecular weight is 447 g/mol. The summed E-state index contributed by atoms with van der Waals surface area (Å²) >= 11 is 0. The van der Waals surface area contributed by atoms with Gasteiger partial charge in [0.1, 0.15) is 6.26 Å². The molecule has 7 heteroatoms. The summed E-state index contributed by atoms with van der Waals surface area (Å²) in [7, 11) is 3.96. The van der Waals surface area contributed by atoms with E-state index in [4.69, 9.17) is 4.42 Å². The molecule has 0 unspecified atom stereocenters. The molecule has 2 aromatic carbocycles. The average Bonchev–Trinajstić information content (AvgIpc) is 3.31. The molecule has 33 heavy (non-hydrogen) atoms.